The van der Waals surface area contributed by atoms with Crippen LogP contribution in [0, 0.1) is 5.92 Å². The van der Waals surface area contributed by atoms with Gasteiger partial charge in [0.05, 0.1) is 12.5 Å². The van der Waals surface area contributed by atoms with Gasteiger partial charge in [-0.1, -0.05) is 13.8 Å². The van der Waals surface area contributed by atoms with E-state index in [9.17, 15) is 14.4 Å². The minimum absolute atomic E-state index is 0.0816. The fraction of sp³-hybridized carbons (Fsp3) is 0.667. The maximum atomic E-state index is 11.0. The third-order valence-electron chi connectivity index (χ3n) is 1.74. The van der Waals surface area contributed by atoms with Gasteiger partial charge in [-0.15, -0.1) is 0 Å². The molecule has 8 nitrogen and oxygen atoms in total. The first kappa shape index (κ1) is 15.3. The Morgan fingerprint density at radius 1 is 1.41 bits per heavy atom. The van der Waals surface area contributed by atoms with E-state index in [1.165, 1.54) is 0 Å². The number of esters is 1. The van der Waals surface area contributed by atoms with Crippen molar-refractivity contribution < 1.29 is 34.2 Å². The number of rotatable bonds is 8. The first-order valence-corrected chi connectivity index (χ1v) is 4.80. The van der Waals surface area contributed by atoms with Gasteiger partial charge in [0.1, 0.15) is 0 Å². The van der Waals surface area contributed by atoms with E-state index in [1.807, 2.05) is 0 Å². The Morgan fingerprint density at radius 2 is 2.00 bits per heavy atom. The first-order valence-electron chi connectivity index (χ1n) is 4.80. The van der Waals surface area contributed by atoms with Crippen LogP contribution in [0.2, 0.25) is 0 Å². The zero-order valence-electron chi connectivity index (χ0n) is 9.53. The summed E-state index contributed by atoms with van der Waals surface area (Å²) in [6.45, 7) is 1.80. The molecule has 0 unspecified atom stereocenters. The number of hydroxylamine groups is 2. The smallest absolute Gasteiger partial charge is 0.331 e. The highest BCUT2D eigenvalue weighted by Crippen LogP contribution is 2.00. The fourth-order valence-corrected chi connectivity index (χ4v) is 0.773. The number of aliphatic hydroxyl groups is 1. The Morgan fingerprint density at radius 3 is 2.35 bits per heavy atom. The molecule has 0 aliphatic carbocycles. The molecule has 0 aliphatic heterocycles. The molecule has 0 heterocycles. The van der Waals surface area contributed by atoms with Gasteiger partial charge >= 0.3 is 11.9 Å². The quantitative estimate of drug-likeness (QED) is 0.245. The molecule has 0 saturated carbocycles. The second kappa shape index (κ2) is 7.58. The second-order valence-electron chi connectivity index (χ2n) is 3.37. The van der Waals surface area contributed by atoms with Gasteiger partial charge in [-0.25, -0.2) is 14.7 Å². The number of ether oxygens (including phenoxy) is 1. The Kier molecular flexibility index (Phi) is 6.83. The molecule has 0 saturated heterocycles. The number of carbonyl (C=O) groups excluding carboxylic acids is 2. The number of aliphatic hydroxyl groups excluding tert-OH is 1. The van der Waals surface area contributed by atoms with E-state index in [0.717, 1.165) is 0 Å². The maximum absolute atomic E-state index is 11.0. The molecule has 0 aromatic heterocycles. The zero-order chi connectivity index (χ0) is 13.4. The first-order chi connectivity index (χ1) is 7.93. The summed E-state index contributed by atoms with van der Waals surface area (Å²) in [5.74, 6) is -2.35. The molecule has 0 bridgehead atoms. The summed E-state index contributed by atoms with van der Waals surface area (Å²) in [6.07, 6.45) is 0.0816. The van der Waals surface area contributed by atoms with Crippen LogP contribution in [0.1, 0.15) is 13.8 Å². The van der Waals surface area contributed by atoms with E-state index in [4.69, 9.17) is 10.2 Å². The predicted octanol–water partition coefficient (Wildman–Crippen LogP) is -1.02. The molecular weight excluding hydrogens is 234 g/mol. The number of carbonyl (C=O) groups is 3. The lowest BCUT2D eigenvalue weighted by atomic mass is 10.2. The van der Waals surface area contributed by atoms with E-state index in [1.54, 1.807) is 13.8 Å². The minimum Gasteiger partial charge on any atom is -0.480 e. The van der Waals surface area contributed by atoms with E-state index in [0.29, 0.717) is 5.06 Å². The van der Waals surface area contributed by atoms with Crippen LogP contribution < -0.4 is 0 Å². The van der Waals surface area contributed by atoms with E-state index < -0.39 is 31.4 Å². The van der Waals surface area contributed by atoms with Crippen molar-refractivity contribution in [1.29, 1.82) is 0 Å². The van der Waals surface area contributed by atoms with E-state index in [2.05, 4.69) is 9.57 Å². The normalized spacial score (nSPS) is 12.0. The molecule has 98 valence electrons. The van der Waals surface area contributed by atoms with Gasteiger partial charge in [-0.3, -0.25) is 9.59 Å². The third kappa shape index (κ3) is 5.27. The summed E-state index contributed by atoms with van der Waals surface area (Å²) in [7, 11) is 0. The highest BCUT2D eigenvalue weighted by Gasteiger charge is 2.25. The molecule has 0 spiro atoms. The lowest BCUT2D eigenvalue weighted by Gasteiger charge is -2.21. The van der Waals surface area contributed by atoms with Gasteiger partial charge in [-0.2, -0.15) is 0 Å². The number of aliphatic carboxylic acids is 1. The van der Waals surface area contributed by atoms with Crippen molar-refractivity contribution in [2.45, 2.75) is 19.9 Å². The molecule has 1 amide bonds. The molecule has 0 radical (unpaired) electrons. The summed E-state index contributed by atoms with van der Waals surface area (Å²) in [6, 6.07) is -1.54. The molecular formula is C9H15NO7. The van der Waals surface area contributed by atoms with Gasteiger partial charge in [0, 0.05) is 0 Å². The average Bonchev–Trinajstić information content (AvgIpc) is 2.26. The largest absolute Gasteiger partial charge is 0.480 e. The fourth-order valence-electron chi connectivity index (χ4n) is 0.773. The highest BCUT2D eigenvalue weighted by atomic mass is 16.8. The van der Waals surface area contributed by atoms with Gasteiger partial charge in [-0.05, 0) is 0 Å². The molecule has 2 N–H and O–H groups in total. The molecule has 0 aromatic rings. The number of carboxylic acid groups (broad SMARTS) is 1. The van der Waals surface area contributed by atoms with Crippen LogP contribution in [-0.2, 0) is 24.0 Å². The summed E-state index contributed by atoms with van der Waals surface area (Å²) >= 11 is 0. The second-order valence-corrected chi connectivity index (χ2v) is 3.37. The number of nitrogens with zero attached hydrogens (tertiary/aromatic N) is 1. The van der Waals surface area contributed by atoms with Crippen LogP contribution in [0.3, 0.4) is 0 Å². The standard InChI is InChI=1S/C9H15NO7/c1-6(2)9(15)16-5-17-10(4-12)7(3-11)8(13)14/h4,6-7,11H,3,5H2,1-2H3,(H,13,14)/t7-/m1/s1. The Bertz CT molecular complexity index is 279. The molecule has 8 heteroatoms. The maximum Gasteiger partial charge on any atom is 0.331 e. The predicted molar refractivity (Wildman–Crippen MR) is 53.3 cm³/mol. The van der Waals surface area contributed by atoms with Gasteiger partial charge < -0.3 is 14.9 Å². The molecule has 17 heavy (non-hydrogen) atoms. The number of hydrogen-bond donors (Lipinski definition) is 2. The van der Waals surface area contributed by atoms with Crippen LogP contribution in [-0.4, -0.2) is 53.1 Å². The zero-order valence-corrected chi connectivity index (χ0v) is 9.53. The number of amides is 1. The van der Waals surface area contributed by atoms with Crippen molar-refractivity contribution in [2.24, 2.45) is 5.92 Å². The van der Waals surface area contributed by atoms with Crippen LogP contribution >= 0.6 is 0 Å². The summed E-state index contributed by atoms with van der Waals surface area (Å²) in [5.41, 5.74) is 0. The summed E-state index contributed by atoms with van der Waals surface area (Å²) < 4.78 is 4.57. The SMILES string of the molecule is CC(C)C(=O)OCON(C=O)[C@H](CO)C(=O)O. The Balaban J connectivity index is 4.18. The van der Waals surface area contributed by atoms with Crippen molar-refractivity contribution in [3.05, 3.63) is 0 Å². The van der Waals surface area contributed by atoms with E-state index >= 15 is 0 Å². The van der Waals surface area contributed by atoms with Gasteiger partial charge in [0.2, 0.25) is 13.2 Å². The van der Waals surface area contributed by atoms with Crippen LogP contribution in [0.25, 0.3) is 0 Å². The van der Waals surface area contributed by atoms with E-state index in [-0.39, 0.29) is 12.3 Å². The van der Waals surface area contributed by atoms with Crippen LogP contribution in [0.4, 0.5) is 0 Å². The number of carboxylic acids is 1. The topological polar surface area (TPSA) is 113 Å². The Hall–Kier alpha value is -1.67. The van der Waals surface area contributed by atoms with Crippen molar-refractivity contribution in [2.75, 3.05) is 13.4 Å². The van der Waals surface area contributed by atoms with Crippen LogP contribution in [0.15, 0.2) is 0 Å². The lowest BCUT2D eigenvalue weighted by Crippen LogP contribution is -2.43. The Labute approximate surface area is 97.7 Å². The summed E-state index contributed by atoms with van der Waals surface area (Å²) in [5, 5.41) is 17.7. The lowest BCUT2D eigenvalue weighted by molar-refractivity contribution is -0.233. The van der Waals surface area contributed by atoms with Crippen LogP contribution in [0.5, 0.6) is 0 Å². The van der Waals surface area contributed by atoms with Crippen molar-refractivity contribution in [1.82, 2.24) is 5.06 Å². The monoisotopic (exact) mass is 249 g/mol. The summed E-state index contributed by atoms with van der Waals surface area (Å²) in [4.78, 5) is 36.7. The molecule has 0 rings (SSSR count). The van der Waals surface area contributed by atoms with Gasteiger partial charge in [0.25, 0.3) is 0 Å². The molecule has 1 atom stereocenters. The highest BCUT2D eigenvalue weighted by molar-refractivity contribution is 5.75. The molecule has 0 aliphatic rings. The number of hydrogen-bond acceptors (Lipinski definition) is 6. The minimum atomic E-state index is -1.54. The van der Waals surface area contributed by atoms with Crippen molar-refractivity contribution >= 4 is 18.3 Å². The average molecular weight is 249 g/mol. The third-order valence-corrected chi connectivity index (χ3v) is 1.74. The molecule has 0 fully saturated rings. The molecule has 0 aromatic carbocycles. The van der Waals surface area contributed by atoms with Crippen molar-refractivity contribution in [3.8, 4) is 0 Å². The van der Waals surface area contributed by atoms with Gasteiger partial charge in [0.15, 0.2) is 6.04 Å². The van der Waals surface area contributed by atoms with Crippen molar-refractivity contribution in [3.63, 3.8) is 0 Å².